The normalized spacial score (nSPS) is 15.9. The quantitative estimate of drug-likeness (QED) is 0.748. The van der Waals surface area contributed by atoms with Crippen molar-refractivity contribution in [2.45, 2.75) is 39.3 Å². The van der Waals surface area contributed by atoms with Crippen LogP contribution in [-0.4, -0.2) is 37.7 Å². The van der Waals surface area contributed by atoms with Gasteiger partial charge in [0, 0.05) is 5.02 Å². The van der Waals surface area contributed by atoms with Gasteiger partial charge < -0.3 is 15.0 Å². The fourth-order valence-electron chi connectivity index (χ4n) is 1.97. The molecule has 0 spiro atoms. The van der Waals surface area contributed by atoms with E-state index in [1.807, 2.05) is 40.0 Å². The maximum Gasteiger partial charge on any atom is 0.279 e. The Balaban J connectivity index is 2.49. The van der Waals surface area contributed by atoms with Crippen molar-refractivity contribution in [1.82, 2.24) is 5.32 Å². The molecule has 0 heterocycles. The molecular formula is C18H27ClN3O2+. The Morgan fingerprint density at radius 3 is 2.46 bits per heavy atom. The Morgan fingerprint density at radius 1 is 1.38 bits per heavy atom. The number of carbonyl (C=O) groups is 1. The van der Waals surface area contributed by atoms with Gasteiger partial charge in [-0.1, -0.05) is 25.4 Å². The van der Waals surface area contributed by atoms with E-state index in [9.17, 15) is 10.1 Å². The molecule has 0 aliphatic rings. The number of hydrogen-bond donors (Lipinski definition) is 2. The highest BCUT2D eigenvalue weighted by atomic mass is 35.5. The molecule has 1 aromatic carbocycles. The lowest BCUT2D eigenvalue weighted by Crippen LogP contribution is -3.14. The second-order valence-electron chi connectivity index (χ2n) is 6.58. The van der Waals surface area contributed by atoms with Gasteiger partial charge in [0.25, 0.3) is 5.91 Å². The third-order valence-electron chi connectivity index (χ3n) is 4.48. The third-order valence-corrected chi connectivity index (χ3v) is 4.73. The predicted octanol–water partition coefficient (Wildman–Crippen LogP) is 1.68. The van der Waals surface area contributed by atoms with Crippen LogP contribution < -0.4 is 15.0 Å². The molecule has 1 aromatic rings. The molecule has 132 valence electrons. The molecule has 0 fully saturated rings. The summed E-state index contributed by atoms with van der Waals surface area (Å²) in [4.78, 5) is 13.4. The molecule has 6 heteroatoms. The van der Waals surface area contributed by atoms with E-state index in [1.165, 1.54) is 0 Å². The molecule has 1 amide bonds. The lowest BCUT2D eigenvalue weighted by molar-refractivity contribution is -0.894. The second-order valence-corrected chi connectivity index (χ2v) is 7.01. The predicted molar refractivity (Wildman–Crippen MR) is 95.2 cm³/mol. The number of likely N-dealkylation sites (N-methyl/N-ethyl adjacent to an activating group) is 1. The first-order valence-corrected chi connectivity index (χ1v) is 8.51. The van der Waals surface area contributed by atoms with Crippen LogP contribution >= 0.6 is 11.6 Å². The molecule has 0 radical (unpaired) electrons. The molecule has 24 heavy (non-hydrogen) atoms. The van der Waals surface area contributed by atoms with E-state index in [-0.39, 0.29) is 17.9 Å². The number of quaternary nitrogens is 1. The molecule has 2 N–H and O–H groups in total. The van der Waals surface area contributed by atoms with Crippen LogP contribution in [0.3, 0.4) is 0 Å². The number of nitrogens with zero attached hydrogens (tertiary/aromatic N) is 1. The number of nitriles is 1. The molecular weight excluding hydrogens is 326 g/mol. The summed E-state index contributed by atoms with van der Waals surface area (Å²) in [5.41, 5.74) is -0.856. The van der Waals surface area contributed by atoms with Crippen LogP contribution in [0.5, 0.6) is 5.75 Å². The first-order valence-electron chi connectivity index (χ1n) is 8.13. The van der Waals surface area contributed by atoms with Gasteiger partial charge in [-0.15, -0.1) is 0 Å². The molecule has 5 nitrogen and oxygen atoms in total. The summed E-state index contributed by atoms with van der Waals surface area (Å²) in [6.07, 6.45) is 0. The summed E-state index contributed by atoms with van der Waals surface area (Å²) in [7, 11) is 1.94. The Kier molecular flexibility index (Phi) is 7.53. The summed E-state index contributed by atoms with van der Waals surface area (Å²) in [6, 6.07) is 9.10. The van der Waals surface area contributed by atoms with E-state index in [4.69, 9.17) is 16.3 Å². The Hall–Kier alpha value is -1.77. The fraction of sp³-hybridized carbons (Fsp3) is 0.556. The molecule has 0 bridgehead atoms. The second kappa shape index (κ2) is 8.91. The number of rotatable bonds is 8. The van der Waals surface area contributed by atoms with Gasteiger partial charge in [0.2, 0.25) is 0 Å². The molecule has 0 aromatic heterocycles. The zero-order valence-electron chi connectivity index (χ0n) is 15.0. The van der Waals surface area contributed by atoms with Gasteiger partial charge in [0.15, 0.2) is 6.04 Å². The minimum atomic E-state index is -0.856. The first-order chi connectivity index (χ1) is 11.2. The monoisotopic (exact) mass is 352 g/mol. The Bertz CT molecular complexity index is 583. The molecule has 1 unspecified atom stereocenters. The number of hydrogen-bond acceptors (Lipinski definition) is 3. The third kappa shape index (κ3) is 5.70. The van der Waals surface area contributed by atoms with Crippen molar-refractivity contribution in [2.75, 3.05) is 20.2 Å². The van der Waals surface area contributed by atoms with Crippen molar-refractivity contribution in [1.29, 1.82) is 5.26 Å². The molecule has 0 aliphatic heterocycles. The van der Waals surface area contributed by atoms with Crippen molar-refractivity contribution in [3.8, 4) is 11.8 Å². The maximum absolute atomic E-state index is 12.4. The first kappa shape index (κ1) is 20.3. The molecule has 0 saturated carbocycles. The number of carbonyl (C=O) groups excluding carboxylic acids is 1. The van der Waals surface area contributed by atoms with E-state index >= 15 is 0 Å². The van der Waals surface area contributed by atoms with Gasteiger partial charge in [-0.25, -0.2) is 0 Å². The topological polar surface area (TPSA) is 66.6 Å². The highest BCUT2D eigenvalue weighted by Gasteiger charge is 2.33. The van der Waals surface area contributed by atoms with Gasteiger partial charge in [0.1, 0.15) is 24.4 Å². The van der Waals surface area contributed by atoms with Crippen LogP contribution in [0.1, 0.15) is 27.7 Å². The average Bonchev–Trinajstić information content (AvgIpc) is 2.55. The van der Waals surface area contributed by atoms with Crippen molar-refractivity contribution in [3.05, 3.63) is 29.3 Å². The molecule has 1 rings (SSSR count). The highest BCUT2D eigenvalue weighted by Crippen LogP contribution is 2.15. The largest absolute Gasteiger partial charge is 0.488 e. The number of amides is 1. The van der Waals surface area contributed by atoms with Crippen molar-refractivity contribution >= 4 is 17.5 Å². The summed E-state index contributed by atoms with van der Waals surface area (Å²) in [5.74, 6) is 0.658. The minimum absolute atomic E-state index is 0.0344. The van der Waals surface area contributed by atoms with E-state index < -0.39 is 5.54 Å². The zero-order valence-corrected chi connectivity index (χ0v) is 15.8. The molecule has 0 aliphatic carbocycles. The van der Waals surface area contributed by atoms with E-state index in [1.54, 1.807) is 19.1 Å². The highest BCUT2D eigenvalue weighted by molar-refractivity contribution is 6.30. The van der Waals surface area contributed by atoms with Crippen molar-refractivity contribution in [3.63, 3.8) is 0 Å². The van der Waals surface area contributed by atoms with Crippen LogP contribution in [0.25, 0.3) is 0 Å². The summed E-state index contributed by atoms with van der Waals surface area (Å²) in [5, 5.41) is 12.8. The standard InChI is InChI=1S/C18H26ClN3O2/c1-13(2)18(4,12-20)21-17(23)14(3)22(5)10-11-24-16-8-6-15(19)7-9-16/h6-9,13-14H,10-11H2,1-5H3,(H,21,23)/p+1/t14-,18-/m0/s1. The van der Waals surface area contributed by atoms with Gasteiger partial charge in [0.05, 0.1) is 13.1 Å². The van der Waals surface area contributed by atoms with E-state index in [2.05, 4.69) is 11.4 Å². The van der Waals surface area contributed by atoms with Crippen molar-refractivity contribution in [2.24, 2.45) is 5.92 Å². The zero-order chi connectivity index (χ0) is 18.3. The maximum atomic E-state index is 12.4. The number of halogens is 1. The van der Waals surface area contributed by atoms with Gasteiger partial charge >= 0.3 is 0 Å². The Labute approximate surface area is 149 Å². The minimum Gasteiger partial charge on any atom is -0.488 e. The van der Waals surface area contributed by atoms with Crippen LogP contribution in [-0.2, 0) is 4.79 Å². The summed E-state index contributed by atoms with van der Waals surface area (Å²) >= 11 is 5.83. The lowest BCUT2D eigenvalue weighted by Gasteiger charge is -2.30. The van der Waals surface area contributed by atoms with Gasteiger partial charge in [-0.05, 0) is 44.0 Å². The van der Waals surface area contributed by atoms with E-state index in [0.29, 0.717) is 18.2 Å². The number of nitrogens with one attached hydrogen (secondary N) is 2. The Morgan fingerprint density at radius 2 is 1.96 bits per heavy atom. The lowest BCUT2D eigenvalue weighted by atomic mass is 9.90. The van der Waals surface area contributed by atoms with Crippen LogP contribution in [0.4, 0.5) is 0 Å². The van der Waals surface area contributed by atoms with Gasteiger partial charge in [-0.3, -0.25) is 4.79 Å². The SMILES string of the molecule is CC(C)[C@](C)(C#N)NC(=O)[C@H](C)[NH+](C)CCOc1ccc(Cl)cc1. The summed E-state index contributed by atoms with van der Waals surface area (Å²) < 4.78 is 5.66. The van der Waals surface area contributed by atoms with Crippen LogP contribution in [0.2, 0.25) is 5.02 Å². The summed E-state index contributed by atoms with van der Waals surface area (Å²) in [6.45, 7) is 8.61. The van der Waals surface area contributed by atoms with Crippen LogP contribution in [0, 0.1) is 17.2 Å². The fourth-order valence-corrected chi connectivity index (χ4v) is 2.09. The van der Waals surface area contributed by atoms with Crippen molar-refractivity contribution < 1.29 is 14.4 Å². The average molecular weight is 353 g/mol. The van der Waals surface area contributed by atoms with Crippen LogP contribution in [0.15, 0.2) is 24.3 Å². The van der Waals surface area contributed by atoms with E-state index in [0.717, 1.165) is 10.6 Å². The number of ether oxygens (including phenoxy) is 1. The number of benzene rings is 1. The smallest absolute Gasteiger partial charge is 0.279 e. The molecule has 0 saturated heterocycles. The molecule has 3 atom stereocenters. The van der Waals surface area contributed by atoms with Gasteiger partial charge in [-0.2, -0.15) is 5.26 Å².